The first kappa shape index (κ1) is 11.7. The predicted molar refractivity (Wildman–Crippen MR) is 65.5 cm³/mol. The van der Waals surface area contributed by atoms with Crippen molar-refractivity contribution in [2.45, 2.75) is 39.2 Å². The zero-order chi connectivity index (χ0) is 12.6. The van der Waals surface area contributed by atoms with Gasteiger partial charge in [-0.15, -0.1) is 0 Å². The summed E-state index contributed by atoms with van der Waals surface area (Å²) >= 11 is 0. The van der Waals surface area contributed by atoms with Crippen molar-refractivity contribution in [1.82, 2.24) is 4.57 Å². The Morgan fingerprint density at radius 2 is 2.18 bits per heavy atom. The fraction of sp³-hybridized carbons (Fsp3) is 0.538. The maximum absolute atomic E-state index is 11.7. The van der Waals surface area contributed by atoms with Gasteiger partial charge in [0, 0.05) is 17.7 Å². The summed E-state index contributed by atoms with van der Waals surface area (Å²) in [5.74, 6) is 0.952. The summed E-state index contributed by atoms with van der Waals surface area (Å²) in [7, 11) is 0. The van der Waals surface area contributed by atoms with Crippen LogP contribution in [0.5, 0.6) is 0 Å². The van der Waals surface area contributed by atoms with Crippen LogP contribution in [0.25, 0.3) is 0 Å². The lowest BCUT2D eigenvalue weighted by Crippen LogP contribution is -2.25. The molecule has 4 heteroatoms. The molecule has 1 N–H and O–H groups in total. The lowest BCUT2D eigenvalue weighted by molar-refractivity contribution is -0.117. The molecule has 0 atom stereocenters. The van der Waals surface area contributed by atoms with Crippen molar-refractivity contribution in [2.24, 2.45) is 5.92 Å². The number of carbonyl (C=O) groups excluding carboxylic acids is 1. The van der Waals surface area contributed by atoms with Crippen molar-refractivity contribution in [1.29, 1.82) is 5.26 Å². The summed E-state index contributed by atoms with van der Waals surface area (Å²) in [5, 5.41) is 11.8. The molecule has 0 aliphatic heterocycles. The lowest BCUT2D eigenvalue weighted by atomic mass is 10.1. The summed E-state index contributed by atoms with van der Waals surface area (Å²) in [4.78, 5) is 11.7. The van der Waals surface area contributed by atoms with Crippen LogP contribution in [-0.4, -0.2) is 10.5 Å². The molecule has 90 valence electrons. The average Bonchev–Trinajstić information content (AvgIpc) is 2.99. The van der Waals surface area contributed by atoms with E-state index in [1.54, 1.807) is 12.3 Å². The molecule has 4 nitrogen and oxygen atoms in total. The van der Waals surface area contributed by atoms with E-state index in [4.69, 9.17) is 5.26 Å². The number of hydrogen-bond donors (Lipinski definition) is 1. The fourth-order valence-corrected chi connectivity index (χ4v) is 1.75. The number of carbonyl (C=O) groups is 1. The van der Waals surface area contributed by atoms with Crippen LogP contribution >= 0.6 is 0 Å². The van der Waals surface area contributed by atoms with Gasteiger partial charge in [0.15, 0.2) is 0 Å². The molecule has 0 spiro atoms. The second-order valence-electron chi connectivity index (χ2n) is 5.53. The molecule has 1 aliphatic rings. The number of aromatic nitrogens is 1. The maximum Gasteiger partial charge on any atom is 0.228 e. The van der Waals surface area contributed by atoms with E-state index in [1.807, 2.05) is 25.3 Å². The molecule has 1 amide bonds. The smallest absolute Gasteiger partial charge is 0.228 e. The minimum atomic E-state index is -0.152. The third kappa shape index (κ3) is 2.50. The van der Waals surface area contributed by atoms with E-state index in [9.17, 15) is 4.79 Å². The molecule has 0 saturated heterocycles. The predicted octanol–water partition coefficient (Wildman–Crippen LogP) is 2.46. The highest BCUT2D eigenvalue weighted by Gasteiger charge is 2.30. The molecule has 1 aliphatic carbocycles. The molecular formula is C13H17N3O. The number of nitriles is 1. The maximum atomic E-state index is 11.7. The Hall–Kier alpha value is -1.76. The Morgan fingerprint density at radius 3 is 2.65 bits per heavy atom. The number of rotatable bonds is 2. The minimum Gasteiger partial charge on any atom is -0.328 e. The second-order valence-corrected chi connectivity index (χ2v) is 5.53. The first-order chi connectivity index (χ1) is 7.91. The SMILES string of the molecule is CC(C)(C)n1cc(C#N)cc1NC(=O)C1CC1. The zero-order valence-electron chi connectivity index (χ0n) is 10.4. The number of hydrogen-bond acceptors (Lipinski definition) is 2. The van der Waals surface area contributed by atoms with Crippen LogP contribution in [-0.2, 0) is 10.3 Å². The monoisotopic (exact) mass is 231 g/mol. The van der Waals surface area contributed by atoms with E-state index in [-0.39, 0.29) is 17.4 Å². The number of anilines is 1. The van der Waals surface area contributed by atoms with Crippen molar-refractivity contribution in [2.75, 3.05) is 5.32 Å². The standard InChI is InChI=1S/C13H17N3O/c1-13(2,3)16-8-9(7-14)6-11(16)15-12(17)10-4-5-10/h6,8,10H,4-5H2,1-3H3,(H,15,17). The van der Waals surface area contributed by atoms with Crippen LogP contribution in [0, 0.1) is 17.2 Å². The fourth-order valence-electron chi connectivity index (χ4n) is 1.75. The Balaban J connectivity index is 2.28. The summed E-state index contributed by atoms with van der Waals surface area (Å²) < 4.78 is 1.94. The van der Waals surface area contributed by atoms with Gasteiger partial charge in [-0.1, -0.05) is 0 Å². The Bertz CT molecular complexity index is 484. The second kappa shape index (κ2) is 3.92. The van der Waals surface area contributed by atoms with Gasteiger partial charge in [0.25, 0.3) is 0 Å². The van der Waals surface area contributed by atoms with Gasteiger partial charge in [-0.05, 0) is 39.7 Å². The van der Waals surface area contributed by atoms with Gasteiger partial charge in [-0.25, -0.2) is 0 Å². The largest absolute Gasteiger partial charge is 0.328 e. The van der Waals surface area contributed by atoms with E-state index < -0.39 is 0 Å². The first-order valence-corrected chi connectivity index (χ1v) is 5.85. The van der Waals surface area contributed by atoms with Crippen LogP contribution in [0.15, 0.2) is 12.3 Å². The molecule has 0 radical (unpaired) electrons. The summed E-state index contributed by atoms with van der Waals surface area (Å²) in [6.45, 7) is 6.13. The summed E-state index contributed by atoms with van der Waals surface area (Å²) in [6, 6.07) is 3.83. The van der Waals surface area contributed by atoms with Crippen molar-refractivity contribution in [3.8, 4) is 6.07 Å². The van der Waals surface area contributed by atoms with Crippen LogP contribution in [0.4, 0.5) is 5.82 Å². The molecule has 17 heavy (non-hydrogen) atoms. The highest BCUT2D eigenvalue weighted by Crippen LogP contribution is 2.31. The number of amides is 1. The topological polar surface area (TPSA) is 57.8 Å². The van der Waals surface area contributed by atoms with E-state index in [0.29, 0.717) is 11.4 Å². The van der Waals surface area contributed by atoms with Gasteiger partial charge in [0.1, 0.15) is 11.9 Å². The number of nitrogens with zero attached hydrogens (tertiary/aromatic N) is 2. The van der Waals surface area contributed by atoms with Gasteiger partial charge in [-0.3, -0.25) is 4.79 Å². The molecule has 2 rings (SSSR count). The lowest BCUT2D eigenvalue weighted by Gasteiger charge is -2.24. The highest BCUT2D eigenvalue weighted by atomic mass is 16.2. The van der Waals surface area contributed by atoms with E-state index in [2.05, 4.69) is 11.4 Å². The third-order valence-corrected chi connectivity index (χ3v) is 2.87. The Kier molecular flexibility index (Phi) is 2.70. The minimum absolute atomic E-state index is 0.0677. The molecule has 0 bridgehead atoms. The van der Waals surface area contributed by atoms with E-state index >= 15 is 0 Å². The molecular weight excluding hydrogens is 214 g/mol. The van der Waals surface area contributed by atoms with Crippen LogP contribution < -0.4 is 5.32 Å². The molecule has 1 heterocycles. The Labute approximate surface area is 101 Å². The quantitative estimate of drug-likeness (QED) is 0.850. The van der Waals surface area contributed by atoms with Gasteiger partial charge in [0.2, 0.25) is 5.91 Å². The molecule has 1 aromatic rings. The summed E-state index contributed by atoms with van der Waals surface area (Å²) in [6.07, 6.45) is 3.74. The molecule has 1 aromatic heterocycles. The van der Waals surface area contributed by atoms with E-state index in [1.165, 1.54) is 0 Å². The van der Waals surface area contributed by atoms with Gasteiger partial charge in [-0.2, -0.15) is 5.26 Å². The van der Waals surface area contributed by atoms with Crippen LogP contribution in [0.2, 0.25) is 0 Å². The first-order valence-electron chi connectivity index (χ1n) is 5.85. The third-order valence-electron chi connectivity index (χ3n) is 2.87. The molecule has 0 aromatic carbocycles. The molecule has 1 fully saturated rings. The zero-order valence-corrected chi connectivity index (χ0v) is 10.4. The molecule has 1 saturated carbocycles. The van der Waals surface area contributed by atoms with Crippen molar-refractivity contribution < 1.29 is 4.79 Å². The Morgan fingerprint density at radius 1 is 1.53 bits per heavy atom. The normalized spacial score (nSPS) is 15.4. The summed E-state index contributed by atoms with van der Waals surface area (Å²) in [5.41, 5.74) is 0.423. The average molecular weight is 231 g/mol. The van der Waals surface area contributed by atoms with Crippen molar-refractivity contribution >= 4 is 11.7 Å². The van der Waals surface area contributed by atoms with Gasteiger partial charge in [0.05, 0.1) is 5.56 Å². The van der Waals surface area contributed by atoms with Gasteiger partial charge >= 0.3 is 0 Å². The van der Waals surface area contributed by atoms with Crippen molar-refractivity contribution in [3.63, 3.8) is 0 Å². The number of nitrogens with one attached hydrogen (secondary N) is 1. The van der Waals surface area contributed by atoms with Gasteiger partial charge < -0.3 is 9.88 Å². The van der Waals surface area contributed by atoms with E-state index in [0.717, 1.165) is 12.8 Å². The van der Waals surface area contributed by atoms with Crippen LogP contribution in [0.1, 0.15) is 39.2 Å². The van der Waals surface area contributed by atoms with Crippen LogP contribution in [0.3, 0.4) is 0 Å². The van der Waals surface area contributed by atoms with Crippen molar-refractivity contribution in [3.05, 3.63) is 17.8 Å². The molecule has 0 unspecified atom stereocenters. The highest BCUT2D eigenvalue weighted by molar-refractivity contribution is 5.93.